The van der Waals surface area contributed by atoms with Crippen LogP contribution in [0.4, 0.5) is 0 Å². The monoisotopic (exact) mass is 278 g/mol. The molecule has 2 N–H and O–H groups in total. The minimum Gasteiger partial charge on any atom is -0.364 e. The van der Waals surface area contributed by atoms with Gasteiger partial charge in [-0.3, -0.25) is 14.5 Å². The van der Waals surface area contributed by atoms with E-state index in [-0.39, 0.29) is 16.9 Å². The first-order valence-corrected chi connectivity index (χ1v) is 6.96. The summed E-state index contributed by atoms with van der Waals surface area (Å²) in [6.07, 6.45) is 1.50. The second-order valence-electron chi connectivity index (χ2n) is 5.21. The molecule has 1 fully saturated rings. The summed E-state index contributed by atoms with van der Waals surface area (Å²) < 4.78 is 0. The van der Waals surface area contributed by atoms with E-state index in [4.69, 9.17) is 0 Å². The number of hydrogen-bond donors (Lipinski definition) is 2. The van der Waals surface area contributed by atoms with Crippen molar-refractivity contribution in [2.24, 2.45) is 0 Å². The van der Waals surface area contributed by atoms with Gasteiger partial charge < -0.3 is 15.2 Å². The molecule has 0 radical (unpaired) electrons. The van der Waals surface area contributed by atoms with Gasteiger partial charge in [-0.1, -0.05) is 0 Å². The van der Waals surface area contributed by atoms with E-state index in [1.807, 2.05) is 0 Å². The third-order valence-corrected chi connectivity index (χ3v) is 3.60. The quantitative estimate of drug-likeness (QED) is 0.791. The van der Waals surface area contributed by atoms with Crippen LogP contribution in [0.2, 0.25) is 0 Å². The molecule has 2 rings (SSSR count). The number of piperazine rings is 1. The molecule has 6 heteroatoms. The maximum Gasteiger partial charge on any atom is 0.259 e. The van der Waals surface area contributed by atoms with Crippen molar-refractivity contribution in [3.8, 4) is 0 Å². The third-order valence-electron chi connectivity index (χ3n) is 3.60. The van der Waals surface area contributed by atoms with Crippen LogP contribution in [0.3, 0.4) is 0 Å². The van der Waals surface area contributed by atoms with Crippen molar-refractivity contribution in [1.82, 2.24) is 20.1 Å². The van der Waals surface area contributed by atoms with Crippen LogP contribution in [-0.4, -0.2) is 67.0 Å². The largest absolute Gasteiger partial charge is 0.364 e. The molecule has 0 aromatic carbocycles. The molecule has 1 aliphatic heterocycles. The molecule has 0 atom stereocenters. The van der Waals surface area contributed by atoms with E-state index in [0.717, 1.165) is 38.4 Å². The molecule has 0 bridgehead atoms. The summed E-state index contributed by atoms with van der Waals surface area (Å²) in [5.74, 6) is -0.221. The Balaban J connectivity index is 1.92. The Labute approximate surface area is 118 Å². The van der Waals surface area contributed by atoms with Gasteiger partial charge in [-0.2, -0.15) is 0 Å². The lowest BCUT2D eigenvalue weighted by molar-refractivity contribution is 0.0773. The molecular weight excluding hydrogens is 256 g/mol. The minimum atomic E-state index is -0.222. The van der Waals surface area contributed by atoms with Crippen LogP contribution in [-0.2, 0) is 0 Å². The van der Waals surface area contributed by atoms with Gasteiger partial charge in [-0.25, -0.2) is 0 Å². The average molecular weight is 278 g/mol. The number of amides is 1. The first-order valence-electron chi connectivity index (χ1n) is 6.96. The fourth-order valence-corrected chi connectivity index (χ4v) is 2.27. The number of carbonyl (C=O) groups excluding carboxylic acids is 1. The van der Waals surface area contributed by atoms with Gasteiger partial charge in [0, 0.05) is 64.3 Å². The number of likely N-dealkylation sites (N-methyl/N-ethyl adjacent to an activating group) is 1. The molecule has 6 nitrogen and oxygen atoms in total. The van der Waals surface area contributed by atoms with Gasteiger partial charge >= 0.3 is 0 Å². The van der Waals surface area contributed by atoms with E-state index in [1.54, 1.807) is 18.9 Å². The Morgan fingerprint density at radius 3 is 2.75 bits per heavy atom. The second kappa shape index (κ2) is 6.67. The van der Waals surface area contributed by atoms with Gasteiger partial charge in [0.15, 0.2) is 5.43 Å². The zero-order chi connectivity index (χ0) is 14.5. The van der Waals surface area contributed by atoms with Crippen molar-refractivity contribution < 1.29 is 4.79 Å². The van der Waals surface area contributed by atoms with Crippen LogP contribution >= 0.6 is 0 Å². The van der Waals surface area contributed by atoms with Crippen molar-refractivity contribution >= 4 is 5.91 Å². The highest BCUT2D eigenvalue weighted by Gasteiger charge is 2.16. The number of aryl methyl sites for hydroxylation is 1. The molecule has 1 saturated heterocycles. The Morgan fingerprint density at radius 2 is 2.10 bits per heavy atom. The Morgan fingerprint density at radius 1 is 1.40 bits per heavy atom. The first-order chi connectivity index (χ1) is 9.58. The summed E-state index contributed by atoms with van der Waals surface area (Å²) >= 11 is 0. The van der Waals surface area contributed by atoms with Gasteiger partial charge in [-0.15, -0.1) is 0 Å². The molecule has 2 heterocycles. The molecule has 0 unspecified atom stereocenters. The van der Waals surface area contributed by atoms with Crippen LogP contribution in [0.1, 0.15) is 16.1 Å². The summed E-state index contributed by atoms with van der Waals surface area (Å²) in [5, 5.41) is 3.30. The number of aromatic nitrogens is 1. The molecule has 1 aromatic rings. The smallest absolute Gasteiger partial charge is 0.259 e. The Hall–Kier alpha value is -1.66. The van der Waals surface area contributed by atoms with Gasteiger partial charge in [0.05, 0.1) is 0 Å². The molecule has 1 aromatic heterocycles. The highest BCUT2D eigenvalue weighted by atomic mass is 16.2. The van der Waals surface area contributed by atoms with Crippen molar-refractivity contribution in [3.63, 3.8) is 0 Å². The molecule has 1 amide bonds. The van der Waals surface area contributed by atoms with Crippen LogP contribution in [0.5, 0.6) is 0 Å². The number of aromatic amines is 1. The Kier molecular flexibility index (Phi) is 4.92. The van der Waals surface area contributed by atoms with Gasteiger partial charge in [0.1, 0.15) is 5.56 Å². The predicted molar refractivity (Wildman–Crippen MR) is 78.1 cm³/mol. The van der Waals surface area contributed by atoms with E-state index >= 15 is 0 Å². The molecule has 0 aliphatic carbocycles. The third kappa shape index (κ3) is 3.68. The SMILES string of the molecule is Cc1cc(=O)c(C(=O)N(C)CCN2CCNCC2)c[nH]1. The van der Waals surface area contributed by atoms with E-state index in [0.29, 0.717) is 6.54 Å². The summed E-state index contributed by atoms with van der Waals surface area (Å²) in [5.41, 5.74) is 0.744. The number of rotatable bonds is 4. The summed E-state index contributed by atoms with van der Waals surface area (Å²) in [6, 6.07) is 1.46. The summed E-state index contributed by atoms with van der Waals surface area (Å²) in [6.45, 7) is 7.27. The van der Waals surface area contributed by atoms with E-state index < -0.39 is 0 Å². The number of carbonyl (C=O) groups is 1. The van der Waals surface area contributed by atoms with Crippen molar-refractivity contribution in [3.05, 3.63) is 33.7 Å². The number of H-pyrrole nitrogens is 1. The Bertz CT molecular complexity index is 520. The molecule has 1 aliphatic rings. The highest BCUT2D eigenvalue weighted by molar-refractivity contribution is 5.93. The fourth-order valence-electron chi connectivity index (χ4n) is 2.27. The van der Waals surface area contributed by atoms with Crippen LogP contribution < -0.4 is 10.7 Å². The topological polar surface area (TPSA) is 68.4 Å². The summed E-state index contributed by atoms with van der Waals surface area (Å²) in [7, 11) is 1.74. The lowest BCUT2D eigenvalue weighted by Gasteiger charge is -2.29. The number of pyridine rings is 1. The average Bonchev–Trinajstić information content (AvgIpc) is 2.45. The highest BCUT2D eigenvalue weighted by Crippen LogP contribution is 1.99. The van der Waals surface area contributed by atoms with Crippen LogP contribution in [0.25, 0.3) is 0 Å². The fraction of sp³-hybridized carbons (Fsp3) is 0.571. The van der Waals surface area contributed by atoms with E-state index in [1.165, 1.54) is 12.3 Å². The lowest BCUT2D eigenvalue weighted by Crippen LogP contribution is -2.46. The molecule has 0 spiro atoms. The maximum atomic E-state index is 12.2. The standard InChI is InChI=1S/C14H22N4O2/c1-11-9-13(19)12(10-16-11)14(20)17(2)7-8-18-5-3-15-4-6-18/h9-10,15H,3-8H2,1-2H3,(H,16,19). The van der Waals surface area contributed by atoms with E-state index in [2.05, 4.69) is 15.2 Å². The second-order valence-corrected chi connectivity index (χ2v) is 5.21. The number of nitrogens with one attached hydrogen (secondary N) is 2. The predicted octanol–water partition coefficient (Wildman–Crippen LogP) is -0.339. The van der Waals surface area contributed by atoms with Gasteiger partial charge in [0.25, 0.3) is 5.91 Å². The summed E-state index contributed by atoms with van der Waals surface area (Å²) in [4.78, 5) is 30.9. The van der Waals surface area contributed by atoms with Crippen molar-refractivity contribution in [1.29, 1.82) is 0 Å². The van der Waals surface area contributed by atoms with E-state index in [9.17, 15) is 9.59 Å². The minimum absolute atomic E-state index is 0.207. The van der Waals surface area contributed by atoms with Gasteiger partial charge in [-0.05, 0) is 6.92 Å². The molecular formula is C14H22N4O2. The normalized spacial score (nSPS) is 16.1. The number of nitrogens with zero attached hydrogens (tertiary/aromatic N) is 2. The zero-order valence-corrected chi connectivity index (χ0v) is 12.1. The molecule has 0 saturated carbocycles. The van der Waals surface area contributed by atoms with Gasteiger partial charge in [0.2, 0.25) is 0 Å². The van der Waals surface area contributed by atoms with Crippen molar-refractivity contribution in [2.45, 2.75) is 6.92 Å². The molecule has 110 valence electrons. The first kappa shape index (κ1) is 14.7. The van der Waals surface area contributed by atoms with Crippen molar-refractivity contribution in [2.75, 3.05) is 46.3 Å². The van der Waals surface area contributed by atoms with Crippen LogP contribution in [0, 0.1) is 6.92 Å². The molecule has 20 heavy (non-hydrogen) atoms. The van der Waals surface area contributed by atoms with Crippen LogP contribution in [0.15, 0.2) is 17.1 Å². The zero-order valence-electron chi connectivity index (χ0n) is 12.1. The lowest BCUT2D eigenvalue weighted by atomic mass is 10.2. The number of hydrogen-bond acceptors (Lipinski definition) is 4. The maximum absolute atomic E-state index is 12.2.